The first-order valence-corrected chi connectivity index (χ1v) is 9.11. The van der Waals surface area contributed by atoms with E-state index in [4.69, 9.17) is 0 Å². The molecule has 0 heterocycles. The Balaban J connectivity index is 3.69. The van der Waals surface area contributed by atoms with Gasteiger partial charge in [0.2, 0.25) is 5.91 Å². The van der Waals surface area contributed by atoms with Gasteiger partial charge in [-0.15, -0.1) is 0 Å². The van der Waals surface area contributed by atoms with Crippen LogP contribution in [0.25, 0.3) is 0 Å². The smallest absolute Gasteiger partial charge is 0.222 e. The quantitative estimate of drug-likeness (QED) is 0.357. The number of amides is 1. The fourth-order valence-corrected chi connectivity index (χ4v) is 2.53. The first kappa shape index (κ1) is 18.9. The SMILES string of the molecule is CCCCCCCCCC(=O)N(CCCBr)C(C)C. The predicted molar refractivity (Wildman–Crippen MR) is 87.9 cm³/mol. The van der Waals surface area contributed by atoms with Crippen molar-refractivity contribution in [2.24, 2.45) is 0 Å². The highest BCUT2D eigenvalue weighted by Crippen LogP contribution is 2.11. The van der Waals surface area contributed by atoms with Crippen LogP contribution in [0.15, 0.2) is 0 Å². The molecular weight excluding hydrogens is 302 g/mol. The fraction of sp³-hybridized carbons (Fsp3) is 0.938. The maximum Gasteiger partial charge on any atom is 0.222 e. The molecule has 1 amide bonds. The van der Waals surface area contributed by atoms with Crippen LogP contribution < -0.4 is 0 Å². The number of carbonyl (C=O) groups excluding carboxylic acids is 1. The van der Waals surface area contributed by atoms with Crippen molar-refractivity contribution in [2.45, 2.75) is 84.6 Å². The van der Waals surface area contributed by atoms with Crippen LogP contribution in [-0.4, -0.2) is 28.7 Å². The number of rotatable bonds is 12. The minimum atomic E-state index is 0.330. The molecule has 0 aliphatic heterocycles. The normalized spacial score (nSPS) is 11.0. The molecule has 0 N–H and O–H groups in total. The van der Waals surface area contributed by atoms with Crippen molar-refractivity contribution >= 4 is 21.8 Å². The van der Waals surface area contributed by atoms with Crippen molar-refractivity contribution in [1.29, 1.82) is 0 Å². The summed E-state index contributed by atoms with van der Waals surface area (Å²) >= 11 is 3.43. The largest absolute Gasteiger partial charge is 0.340 e. The van der Waals surface area contributed by atoms with Crippen LogP contribution in [0.2, 0.25) is 0 Å². The molecule has 0 atom stereocenters. The summed E-state index contributed by atoms with van der Waals surface area (Å²) < 4.78 is 0. The summed E-state index contributed by atoms with van der Waals surface area (Å²) in [5.41, 5.74) is 0. The Labute approximate surface area is 128 Å². The number of hydrogen-bond acceptors (Lipinski definition) is 1. The zero-order valence-electron chi connectivity index (χ0n) is 13.1. The van der Waals surface area contributed by atoms with Gasteiger partial charge in [-0.3, -0.25) is 4.79 Å². The summed E-state index contributed by atoms with van der Waals surface area (Å²) in [6.45, 7) is 7.35. The number of nitrogens with zero attached hydrogens (tertiary/aromatic N) is 1. The van der Waals surface area contributed by atoms with Crippen molar-refractivity contribution < 1.29 is 4.79 Å². The third kappa shape index (κ3) is 10.4. The van der Waals surface area contributed by atoms with E-state index in [0.29, 0.717) is 11.9 Å². The first-order chi connectivity index (χ1) is 9.13. The van der Waals surface area contributed by atoms with E-state index in [1.807, 2.05) is 4.90 Å². The molecule has 0 aromatic heterocycles. The Bertz CT molecular complexity index is 219. The maximum absolute atomic E-state index is 12.1. The number of alkyl halides is 1. The first-order valence-electron chi connectivity index (χ1n) is 7.98. The molecule has 0 bridgehead atoms. The van der Waals surface area contributed by atoms with Gasteiger partial charge in [-0.25, -0.2) is 0 Å². The number of carbonyl (C=O) groups is 1. The number of hydrogen-bond donors (Lipinski definition) is 0. The van der Waals surface area contributed by atoms with E-state index in [0.717, 1.165) is 31.1 Å². The molecule has 0 aromatic rings. The lowest BCUT2D eigenvalue weighted by Gasteiger charge is -2.26. The van der Waals surface area contributed by atoms with Crippen molar-refractivity contribution in [2.75, 3.05) is 11.9 Å². The zero-order valence-corrected chi connectivity index (χ0v) is 14.7. The standard InChI is InChI=1S/C16H32BrNO/c1-4-5-6-7-8-9-10-12-16(19)18(15(2)3)14-11-13-17/h15H,4-14H2,1-3H3. The highest BCUT2D eigenvalue weighted by molar-refractivity contribution is 9.09. The summed E-state index contributed by atoms with van der Waals surface area (Å²) in [5, 5.41) is 0.973. The molecule has 0 saturated carbocycles. The van der Waals surface area contributed by atoms with Gasteiger partial charge < -0.3 is 4.90 Å². The second kappa shape index (κ2) is 13.0. The Morgan fingerprint density at radius 1 is 1.00 bits per heavy atom. The van der Waals surface area contributed by atoms with Crippen LogP contribution in [0, 0.1) is 0 Å². The highest BCUT2D eigenvalue weighted by atomic mass is 79.9. The Morgan fingerprint density at radius 3 is 2.11 bits per heavy atom. The molecule has 0 saturated heterocycles. The summed E-state index contributed by atoms with van der Waals surface area (Å²) in [7, 11) is 0. The van der Waals surface area contributed by atoms with Crippen LogP contribution in [0.3, 0.4) is 0 Å². The summed E-state index contributed by atoms with van der Waals surface area (Å²) in [5.74, 6) is 0.338. The van der Waals surface area contributed by atoms with Crippen molar-refractivity contribution in [3.05, 3.63) is 0 Å². The fourth-order valence-electron chi connectivity index (χ4n) is 2.28. The molecule has 0 rings (SSSR count). The zero-order chi connectivity index (χ0) is 14.5. The maximum atomic E-state index is 12.1. The molecule has 0 aromatic carbocycles. The third-order valence-electron chi connectivity index (χ3n) is 3.47. The van der Waals surface area contributed by atoms with Crippen LogP contribution in [-0.2, 0) is 4.79 Å². The van der Waals surface area contributed by atoms with Crippen LogP contribution in [0.1, 0.15) is 78.6 Å². The lowest BCUT2D eigenvalue weighted by molar-refractivity contribution is -0.133. The molecule has 0 radical (unpaired) electrons. The van der Waals surface area contributed by atoms with E-state index < -0.39 is 0 Å². The molecule has 2 nitrogen and oxygen atoms in total. The van der Waals surface area contributed by atoms with Gasteiger partial charge in [0.15, 0.2) is 0 Å². The van der Waals surface area contributed by atoms with Gasteiger partial charge in [-0.2, -0.15) is 0 Å². The van der Waals surface area contributed by atoms with Crippen molar-refractivity contribution in [3.63, 3.8) is 0 Å². The van der Waals surface area contributed by atoms with E-state index in [-0.39, 0.29) is 0 Å². The highest BCUT2D eigenvalue weighted by Gasteiger charge is 2.15. The molecule has 0 aliphatic carbocycles. The van der Waals surface area contributed by atoms with Crippen molar-refractivity contribution in [1.82, 2.24) is 4.90 Å². The molecule has 0 unspecified atom stereocenters. The van der Waals surface area contributed by atoms with Crippen LogP contribution in [0.5, 0.6) is 0 Å². The monoisotopic (exact) mass is 333 g/mol. The molecule has 0 aliphatic rings. The third-order valence-corrected chi connectivity index (χ3v) is 4.03. The van der Waals surface area contributed by atoms with Gasteiger partial charge in [0.25, 0.3) is 0 Å². The second-order valence-electron chi connectivity index (χ2n) is 5.59. The van der Waals surface area contributed by atoms with Gasteiger partial charge in [-0.1, -0.05) is 61.4 Å². The second-order valence-corrected chi connectivity index (χ2v) is 6.39. The van der Waals surface area contributed by atoms with E-state index in [9.17, 15) is 4.79 Å². The Kier molecular flexibility index (Phi) is 12.9. The van der Waals surface area contributed by atoms with Gasteiger partial charge in [-0.05, 0) is 26.7 Å². The van der Waals surface area contributed by atoms with E-state index in [1.165, 1.54) is 38.5 Å². The average molecular weight is 334 g/mol. The minimum absolute atomic E-state index is 0.330. The van der Waals surface area contributed by atoms with Gasteiger partial charge in [0.1, 0.15) is 0 Å². The van der Waals surface area contributed by atoms with E-state index in [1.54, 1.807) is 0 Å². The topological polar surface area (TPSA) is 20.3 Å². The van der Waals surface area contributed by atoms with Gasteiger partial charge in [0.05, 0.1) is 0 Å². The average Bonchev–Trinajstić information content (AvgIpc) is 2.37. The van der Waals surface area contributed by atoms with E-state index >= 15 is 0 Å². The number of unbranched alkanes of at least 4 members (excludes halogenated alkanes) is 6. The molecule has 0 spiro atoms. The molecule has 3 heteroatoms. The molecule has 19 heavy (non-hydrogen) atoms. The summed E-state index contributed by atoms with van der Waals surface area (Å²) in [6.07, 6.45) is 10.7. The number of halogens is 1. The molecule has 114 valence electrons. The minimum Gasteiger partial charge on any atom is -0.340 e. The van der Waals surface area contributed by atoms with Gasteiger partial charge >= 0.3 is 0 Å². The van der Waals surface area contributed by atoms with Crippen LogP contribution >= 0.6 is 15.9 Å². The Hall–Kier alpha value is -0.0500. The molecule has 0 fully saturated rings. The van der Waals surface area contributed by atoms with Crippen LogP contribution in [0.4, 0.5) is 0 Å². The Morgan fingerprint density at radius 2 is 1.58 bits per heavy atom. The summed E-state index contributed by atoms with van der Waals surface area (Å²) in [6, 6.07) is 0.330. The lowest BCUT2D eigenvalue weighted by atomic mass is 10.1. The van der Waals surface area contributed by atoms with Crippen molar-refractivity contribution in [3.8, 4) is 0 Å². The van der Waals surface area contributed by atoms with Gasteiger partial charge in [0, 0.05) is 24.3 Å². The van der Waals surface area contributed by atoms with E-state index in [2.05, 4.69) is 36.7 Å². The molecular formula is C16H32BrNO. The summed E-state index contributed by atoms with van der Waals surface area (Å²) in [4.78, 5) is 14.2. The lowest BCUT2D eigenvalue weighted by Crippen LogP contribution is -2.37. The predicted octanol–water partition coefficient (Wildman–Crippen LogP) is 5.15.